The molecule has 11 heavy (non-hydrogen) atoms. The fraction of sp³-hybridized carbons (Fsp3) is 0.143. The van der Waals surface area contributed by atoms with Crippen LogP contribution in [0.5, 0.6) is 0 Å². The summed E-state index contributed by atoms with van der Waals surface area (Å²) in [6.45, 7) is 0. The SMILES string of the molecule is O=C(O)C1=C(C(=O)O)CC=C1. The monoisotopic (exact) mass is 154 g/mol. The minimum absolute atomic E-state index is 0.0440. The van der Waals surface area contributed by atoms with Gasteiger partial charge in [0, 0.05) is 0 Å². The molecule has 0 amide bonds. The van der Waals surface area contributed by atoms with E-state index in [1.807, 2.05) is 0 Å². The molecule has 0 aromatic carbocycles. The molecule has 0 fully saturated rings. The Kier molecular flexibility index (Phi) is 1.76. The van der Waals surface area contributed by atoms with Crippen LogP contribution in [0.4, 0.5) is 0 Å². The number of carboxylic acids is 2. The van der Waals surface area contributed by atoms with Crippen LogP contribution >= 0.6 is 0 Å². The first-order valence-electron chi connectivity index (χ1n) is 2.99. The van der Waals surface area contributed by atoms with E-state index >= 15 is 0 Å². The Balaban J connectivity index is 3.02. The number of hydrogen-bond acceptors (Lipinski definition) is 2. The van der Waals surface area contributed by atoms with Crippen molar-refractivity contribution in [1.29, 1.82) is 0 Å². The van der Waals surface area contributed by atoms with E-state index in [0.717, 1.165) is 0 Å². The van der Waals surface area contributed by atoms with Crippen molar-refractivity contribution in [1.82, 2.24) is 0 Å². The zero-order chi connectivity index (χ0) is 8.43. The van der Waals surface area contributed by atoms with Crippen molar-refractivity contribution in [3.8, 4) is 0 Å². The highest BCUT2D eigenvalue weighted by molar-refractivity contribution is 6.02. The molecule has 0 aromatic heterocycles. The second-order valence-electron chi connectivity index (χ2n) is 2.11. The number of hydrogen-bond donors (Lipinski definition) is 2. The van der Waals surface area contributed by atoms with Gasteiger partial charge in [0.1, 0.15) is 0 Å². The second-order valence-corrected chi connectivity index (χ2v) is 2.11. The summed E-state index contributed by atoms with van der Waals surface area (Å²) in [4.78, 5) is 20.7. The Labute approximate surface area is 62.5 Å². The predicted octanol–water partition coefficient (Wildman–Crippen LogP) is 0.412. The highest BCUT2D eigenvalue weighted by Crippen LogP contribution is 2.18. The van der Waals surface area contributed by atoms with Gasteiger partial charge in [0.2, 0.25) is 0 Å². The normalized spacial score (nSPS) is 15.6. The van der Waals surface area contributed by atoms with Crippen LogP contribution in [0.1, 0.15) is 6.42 Å². The highest BCUT2D eigenvalue weighted by atomic mass is 16.4. The summed E-state index contributed by atoms with van der Waals surface area (Å²) in [5.74, 6) is -2.34. The molecule has 0 aliphatic heterocycles. The minimum atomic E-state index is -1.18. The highest BCUT2D eigenvalue weighted by Gasteiger charge is 2.20. The van der Waals surface area contributed by atoms with E-state index in [-0.39, 0.29) is 17.6 Å². The van der Waals surface area contributed by atoms with Crippen molar-refractivity contribution in [2.45, 2.75) is 6.42 Å². The lowest BCUT2D eigenvalue weighted by Crippen LogP contribution is -2.06. The van der Waals surface area contributed by atoms with Crippen LogP contribution in [0.2, 0.25) is 0 Å². The molecule has 4 nitrogen and oxygen atoms in total. The molecule has 0 saturated carbocycles. The van der Waals surface area contributed by atoms with Gasteiger partial charge in [0.15, 0.2) is 0 Å². The molecule has 0 radical (unpaired) electrons. The minimum Gasteiger partial charge on any atom is -0.478 e. The third kappa shape index (κ3) is 1.29. The molecular weight excluding hydrogens is 148 g/mol. The van der Waals surface area contributed by atoms with E-state index in [1.54, 1.807) is 0 Å². The van der Waals surface area contributed by atoms with Gasteiger partial charge in [-0.05, 0) is 6.42 Å². The Bertz CT molecular complexity index is 272. The maximum Gasteiger partial charge on any atom is 0.336 e. The zero-order valence-electron chi connectivity index (χ0n) is 5.57. The van der Waals surface area contributed by atoms with Crippen LogP contribution in [0, 0.1) is 0 Å². The fourth-order valence-corrected chi connectivity index (χ4v) is 0.908. The Morgan fingerprint density at radius 1 is 1.27 bits per heavy atom. The lowest BCUT2D eigenvalue weighted by molar-refractivity contribution is -0.135. The molecule has 0 bridgehead atoms. The summed E-state index contributed by atoms with van der Waals surface area (Å²) in [5.41, 5.74) is -0.157. The first-order valence-corrected chi connectivity index (χ1v) is 2.99. The van der Waals surface area contributed by atoms with Gasteiger partial charge < -0.3 is 10.2 Å². The Morgan fingerprint density at radius 2 is 1.91 bits per heavy atom. The van der Waals surface area contributed by atoms with E-state index in [1.165, 1.54) is 12.2 Å². The molecule has 0 spiro atoms. The lowest BCUT2D eigenvalue weighted by atomic mass is 10.1. The van der Waals surface area contributed by atoms with Crippen LogP contribution in [-0.2, 0) is 9.59 Å². The quantitative estimate of drug-likeness (QED) is 0.604. The Hall–Kier alpha value is -1.58. The van der Waals surface area contributed by atoms with Crippen LogP contribution in [0.3, 0.4) is 0 Å². The molecule has 0 heterocycles. The zero-order valence-corrected chi connectivity index (χ0v) is 5.57. The van der Waals surface area contributed by atoms with E-state index in [0.29, 0.717) is 0 Å². The van der Waals surface area contributed by atoms with Crippen molar-refractivity contribution in [3.63, 3.8) is 0 Å². The van der Waals surface area contributed by atoms with Crippen LogP contribution in [0.15, 0.2) is 23.3 Å². The summed E-state index contributed by atoms with van der Waals surface area (Å²) in [6.07, 6.45) is 3.04. The third-order valence-corrected chi connectivity index (χ3v) is 1.42. The standard InChI is InChI=1S/C7H6O4/c8-6(9)4-2-1-3-5(4)7(10)11/h1-2H,3H2,(H,8,9)(H,10,11). The van der Waals surface area contributed by atoms with Crippen LogP contribution in [0.25, 0.3) is 0 Å². The van der Waals surface area contributed by atoms with Gasteiger partial charge in [0.25, 0.3) is 0 Å². The van der Waals surface area contributed by atoms with Gasteiger partial charge >= 0.3 is 11.9 Å². The van der Waals surface area contributed by atoms with Crippen molar-refractivity contribution in [2.24, 2.45) is 0 Å². The largest absolute Gasteiger partial charge is 0.478 e. The van der Waals surface area contributed by atoms with E-state index in [2.05, 4.69) is 0 Å². The molecule has 2 N–H and O–H groups in total. The number of allylic oxidation sites excluding steroid dienone is 1. The van der Waals surface area contributed by atoms with E-state index < -0.39 is 11.9 Å². The number of aliphatic carboxylic acids is 2. The fourth-order valence-electron chi connectivity index (χ4n) is 0.908. The van der Waals surface area contributed by atoms with Gasteiger partial charge in [-0.1, -0.05) is 12.2 Å². The summed E-state index contributed by atoms with van der Waals surface area (Å²) in [7, 11) is 0. The van der Waals surface area contributed by atoms with Gasteiger partial charge in [-0.2, -0.15) is 0 Å². The number of carbonyl (C=O) groups is 2. The number of carboxylic acid groups (broad SMARTS) is 2. The molecule has 0 unspecified atom stereocenters. The maximum atomic E-state index is 10.4. The first kappa shape index (κ1) is 7.53. The summed E-state index contributed by atoms with van der Waals surface area (Å²) in [5, 5.41) is 16.9. The second kappa shape index (κ2) is 2.57. The third-order valence-electron chi connectivity index (χ3n) is 1.42. The van der Waals surface area contributed by atoms with Gasteiger partial charge in [-0.25, -0.2) is 9.59 Å². The smallest absolute Gasteiger partial charge is 0.336 e. The molecule has 4 heteroatoms. The lowest BCUT2D eigenvalue weighted by Gasteiger charge is -1.94. The van der Waals surface area contributed by atoms with Crippen molar-refractivity contribution >= 4 is 11.9 Å². The molecule has 0 aromatic rings. The molecule has 0 atom stereocenters. The molecule has 1 rings (SSSR count). The first-order chi connectivity index (χ1) is 5.13. The number of rotatable bonds is 2. The average Bonchev–Trinajstić information content (AvgIpc) is 2.32. The van der Waals surface area contributed by atoms with Crippen molar-refractivity contribution < 1.29 is 19.8 Å². The average molecular weight is 154 g/mol. The van der Waals surface area contributed by atoms with Crippen molar-refractivity contribution in [2.75, 3.05) is 0 Å². The summed E-state index contributed by atoms with van der Waals surface area (Å²) in [6, 6.07) is 0. The van der Waals surface area contributed by atoms with Gasteiger partial charge in [0.05, 0.1) is 11.1 Å². The maximum absolute atomic E-state index is 10.4. The predicted molar refractivity (Wildman–Crippen MR) is 36.1 cm³/mol. The van der Waals surface area contributed by atoms with Gasteiger partial charge in [-0.15, -0.1) is 0 Å². The summed E-state index contributed by atoms with van der Waals surface area (Å²) < 4.78 is 0. The Morgan fingerprint density at radius 3 is 2.27 bits per heavy atom. The topological polar surface area (TPSA) is 74.6 Å². The molecule has 1 aliphatic rings. The molecular formula is C7H6O4. The van der Waals surface area contributed by atoms with Crippen LogP contribution < -0.4 is 0 Å². The van der Waals surface area contributed by atoms with Crippen LogP contribution in [-0.4, -0.2) is 22.2 Å². The molecule has 1 aliphatic carbocycles. The van der Waals surface area contributed by atoms with Crippen molar-refractivity contribution in [3.05, 3.63) is 23.3 Å². The van der Waals surface area contributed by atoms with E-state index in [4.69, 9.17) is 10.2 Å². The molecule has 0 saturated heterocycles. The summed E-state index contributed by atoms with van der Waals surface area (Å²) >= 11 is 0. The molecule has 58 valence electrons. The van der Waals surface area contributed by atoms with Gasteiger partial charge in [-0.3, -0.25) is 0 Å². The van der Waals surface area contributed by atoms with E-state index in [9.17, 15) is 9.59 Å².